The van der Waals surface area contributed by atoms with Gasteiger partial charge in [-0.3, -0.25) is 0 Å². The van der Waals surface area contributed by atoms with E-state index in [0.29, 0.717) is 5.78 Å². The number of fused-ring (bicyclic) bond motifs is 1. The van der Waals surface area contributed by atoms with E-state index in [1.165, 1.54) is 4.88 Å². The number of thiazole rings is 1. The minimum Gasteiger partial charge on any atom is -0.239 e. The molecule has 0 unspecified atom stereocenters. The Bertz CT molecular complexity index is 955. The van der Waals surface area contributed by atoms with Gasteiger partial charge in [-0.05, 0) is 31.4 Å². The van der Waals surface area contributed by atoms with Gasteiger partial charge in [0, 0.05) is 22.5 Å². The van der Waals surface area contributed by atoms with Crippen molar-refractivity contribution in [3.8, 4) is 9.88 Å². The molecule has 0 fully saturated rings. The third-order valence-corrected chi connectivity index (χ3v) is 6.03. The molecule has 8 heteroatoms. The average molecular weight is 360 g/mol. The van der Waals surface area contributed by atoms with Gasteiger partial charge in [0.2, 0.25) is 5.16 Å². The van der Waals surface area contributed by atoms with Gasteiger partial charge in [0.15, 0.2) is 0 Å². The van der Waals surface area contributed by atoms with Crippen molar-refractivity contribution < 1.29 is 0 Å². The first-order valence-corrected chi connectivity index (χ1v) is 9.75. The Labute approximate surface area is 145 Å². The zero-order valence-electron chi connectivity index (χ0n) is 12.6. The predicted molar refractivity (Wildman–Crippen MR) is 95.2 cm³/mol. The van der Waals surface area contributed by atoms with E-state index >= 15 is 0 Å². The second-order valence-corrected chi connectivity index (χ2v) is 7.80. The predicted octanol–water partition coefficient (Wildman–Crippen LogP) is 4.22. The van der Waals surface area contributed by atoms with Crippen LogP contribution >= 0.6 is 34.4 Å². The van der Waals surface area contributed by atoms with Gasteiger partial charge in [-0.2, -0.15) is 4.98 Å². The molecular weight excluding hydrogens is 346 g/mol. The maximum atomic E-state index is 4.68. The van der Waals surface area contributed by atoms with Gasteiger partial charge >= 0.3 is 0 Å². The third kappa shape index (κ3) is 3.01. The van der Waals surface area contributed by atoms with Crippen LogP contribution in [0.3, 0.4) is 0 Å². The number of aryl methyl sites for hydroxylation is 2. The third-order valence-electron chi connectivity index (χ3n) is 3.23. The van der Waals surface area contributed by atoms with E-state index in [-0.39, 0.29) is 0 Å². The Morgan fingerprint density at radius 1 is 1.17 bits per heavy atom. The molecule has 0 bridgehead atoms. The van der Waals surface area contributed by atoms with Gasteiger partial charge in [0.25, 0.3) is 5.78 Å². The van der Waals surface area contributed by atoms with Crippen LogP contribution in [0.2, 0.25) is 0 Å². The molecule has 116 valence electrons. The fraction of sp³-hybridized carbons (Fsp3) is 0.200. The molecule has 23 heavy (non-hydrogen) atoms. The van der Waals surface area contributed by atoms with Crippen LogP contribution in [0.15, 0.2) is 34.1 Å². The topological polar surface area (TPSA) is 56.0 Å². The normalized spacial score (nSPS) is 11.4. The zero-order valence-corrected chi connectivity index (χ0v) is 15.0. The summed E-state index contributed by atoms with van der Waals surface area (Å²) < 4.78 is 1.79. The van der Waals surface area contributed by atoms with Crippen LogP contribution in [0.4, 0.5) is 0 Å². The monoisotopic (exact) mass is 359 g/mol. The molecule has 4 heterocycles. The van der Waals surface area contributed by atoms with Crippen molar-refractivity contribution in [1.82, 2.24) is 24.6 Å². The summed E-state index contributed by atoms with van der Waals surface area (Å²) in [5.41, 5.74) is 3.06. The molecule has 0 atom stereocenters. The van der Waals surface area contributed by atoms with Crippen molar-refractivity contribution in [1.29, 1.82) is 0 Å². The van der Waals surface area contributed by atoms with E-state index < -0.39 is 0 Å². The van der Waals surface area contributed by atoms with Crippen LogP contribution in [-0.2, 0) is 5.75 Å². The lowest BCUT2D eigenvalue weighted by Crippen LogP contribution is -1.97. The molecule has 0 aliphatic rings. The molecule has 4 aromatic rings. The molecule has 4 rings (SSSR count). The Hall–Kier alpha value is -1.77. The Morgan fingerprint density at radius 2 is 2.09 bits per heavy atom. The second kappa shape index (κ2) is 6.03. The second-order valence-electron chi connectivity index (χ2n) is 5.06. The number of hydrogen-bond acceptors (Lipinski definition) is 7. The van der Waals surface area contributed by atoms with Crippen molar-refractivity contribution in [2.75, 3.05) is 0 Å². The molecule has 4 aromatic heterocycles. The van der Waals surface area contributed by atoms with Crippen molar-refractivity contribution in [3.05, 3.63) is 46.0 Å². The Balaban J connectivity index is 1.52. The van der Waals surface area contributed by atoms with Crippen LogP contribution in [0.1, 0.15) is 17.1 Å². The highest BCUT2D eigenvalue weighted by Gasteiger charge is 2.10. The maximum absolute atomic E-state index is 4.68. The van der Waals surface area contributed by atoms with Crippen molar-refractivity contribution in [3.63, 3.8) is 0 Å². The molecule has 0 N–H and O–H groups in total. The van der Waals surface area contributed by atoms with Crippen molar-refractivity contribution >= 4 is 40.2 Å². The summed E-state index contributed by atoms with van der Waals surface area (Å²) in [5, 5.41) is 10.5. The molecule has 0 saturated carbocycles. The summed E-state index contributed by atoms with van der Waals surface area (Å²) in [4.78, 5) is 14.8. The summed E-state index contributed by atoms with van der Waals surface area (Å²) in [6, 6.07) is 6.15. The lowest BCUT2D eigenvalue weighted by atomic mass is 10.4. The van der Waals surface area contributed by atoms with Gasteiger partial charge < -0.3 is 0 Å². The average Bonchev–Trinajstić information content (AvgIpc) is 3.24. The first kappa shape index (κ1) is 14.8. The van der Waals surface area contributed by atoms with Crippen LogP contribution in [-0.4, -0.2) is 24.6 Å². The molecule has 0 aliphatic heterocycles. The van der Waals surface area contributed by atoms with Gasteiger partial charge in [0.1, 0.15) is 5.01 Å². The van der Waals surface area contributed by atoms with Gasteiger partial charge in [-0.25, -0.2) is 14.5 Å². The molecule has 0 aliphatic carbocycles. The summed E-state index contributed by atoms with van der Waals surface area (Å²) >= 11 is 4.98. The van der Waals surface area contributed by atoms with E-state index in [1.54, 1.807) is 39.0 Å². The maximum Gasteiger partial charge on any atom is 0.253 e. The first-order chi connectivity index (χ1) is 11.2. The standard InChI is InChI=1S/C15H13N5S3/c1-9-6-10(2)20-14(16-9)18-15(19-20)23-8-11-7-22-13(17-11)12-4-3-5-21-12/h3-7H,8H2,1-2H3. The first-order valence-electron chi connectivity index (χ1n) is 7.01. The summed E-state index contributed by atoms with van der Waals surface area (Å²) in [7, 11) is 0. The zero-order chi connectivity index (χ0) is 15.8. The minimum atomic E-state index is 0.655. The minimum absolute atomic E-state index is 0.655. The number of thiophene rings is 1. The summed E-state index contributed by atoms with van der Waals surface area (Å²) in [6.07, 6.45) is 0. The van der Waals surface area contributed by atoms with E-state index in [4.69, 9.17) is 0 Å². The molecule has 5 nitrogen and oxygen atoms in total. The molecular formula is C15H13N5S3. The SMILES string of the molecule is Cc1cc(C)n2nc(SCc3csc(-c4cccs4)n3)nc2n1. The summed E-state index contributed by atoms with van der Waals surface area (Å²) in [6.45, 7) is 3.98. The molecule has 0 amide bonds. The highest BCUT2D eigenvalue weighted by molar-refractivity contribution is 7.98. The molecule has 0 radical (unpaired) electrons. The van der Waals surface area contributed by atoms with Crippen LogP contribution < -0.4 is 0 Å². The lowest BCUT2D eigenvalue weighted by Gasteiger charge is -1.97. The fourth-order valence-electron chi connectivity index (χ4n) is 2.23. The molecule has 0 saturated heterocycles. The van der Waals surface area contributed by atoms with E-state index in [1.807, 2.05) is 26.0 Å². The van der Waals surface area contributed by atoms with Crippen molar-refractivity contribution in [2.24, 2.45) is 0 Å². The highest BCUT2D eigenvalue weighted by Crippen LogP contribution is 2.29. The quantitative estimate of drug-likeness (QED) is 0.511. The van der Waals surface area contributed by atoms with Crippen LogP contribution in [0, 0.1) is 13.8 Å². The van der Waals surface area contributed by atoms with Crippen molar-refractivity contribution in [2.45, 2.75) is 24.8 Å². The highest BCUT2D eigenvalue weighted by atomic mass is 32.2. The van der Waals surface area contributed by atoms with Gasteiger partial charge in [-0.1, -0.05) is 17.8 Å². The van der Waals surface area contributed by atoms with E-state index in [0.717, 1.165) is 33.0 Å². The number of aromatic nitrogens is 5. The van der Waals surface area contributed by atoms with Crippen LogP contribution in [0.5, 0.6) is 0 Å². The molecule has 0 aromatic carbocycles. The lowest BCUT2D eigenvalue weighted by molar-refractivity contribution is 0.843. The van der Waals surface area contributed by atoms with Gasteiger partial charge in [-0.15, -0.1) is 27.8 Å². The smallest absolute Gasteiger partial charge is 0.239 e. The number of thioether (sulfide) groups is 1. The summed E-state index contributed by atoms with van der Waals surface area (Å²) in [5.74, 6) is 1.42. The fourth-order valence-corrected chi connectivity index (χ4v) is 4.68. The van der Waals surface area contributed by atoms with E-state index in [2.05, 4.69) is 36.9 Å². The number of hydrogen-bond donors (Lipinski definition) is 0. The largest absolute Gasteiger partial charge is 0.253 e. The Morgan fingerprint density at radius 3 is 2.91 bits per heavy atom. The molecule has 0 spiro atoms. The van der Waals surface area contributed by atoms with E-state index in [9.17, 15) is 0 Å². The number of rotatable bonds is 4. The number of nitrogens with zero attached hydrogens (tertiary/aromatic N) is 5. The van der Waals surface area contributed by atoms with Gasteiger partial charge in [0.05, 0.1) is 10.6 Å². The van der Waals surface area contributed by atoms with Crippen LogP contribution in [0.25, 0.3) is 15.7 Å². The Kier molecular flexibility index (Phi) is 3.88.